The van der Waals surface area contributed by atoms with Gasteiger partial charge in [-0.1, -0.05) is 73.5 Å². The summed E-state index contributed by atoms with van der Waals surface area (Å²) in [5, 5.41) is 11.1. The average molecular weight is 438 g/mol. The molecule has 0 aliphatic rings. The molecule has 164 valence electrons. The summed E-state index contributed by atoms with van der Waals surface area (Å²) in [7, 11) is 0. The van der Waals surface area contributed by atoms with Gasteiger partial charge >= 0.3 is 0 Å². The van der Waals surface area contributed by atoms with Crippen LogP contribution in [0.4, 0.5) is 0 Å². The van der Waals surface area contributed by atoms with Gasteiger partial charge in [-0.05, 0) is 74.3 Å². The van der Waals surface area contributed by atoms with Crippen LogP contribution >= 0.6 is 11.6 Å². The molecule has 0 heterocycles. The largest absolute Gasteiger partial charge is 0.475 e. The molecule has 3 nitrogen and oxygen atoms in total. The second-order valence-electron chi connectivity index (χ2n) is 7.89. The fraction of sp³-hybridized carbons (Fsp3) is 0.333. The van der Waals surface area contributed by atoms with E-state index in [9.17, 15) is 5.11 Å². The van der Waals surface area contributed by atoms with Crippen molar-refractivity contribution in [3.8, 4) is 28.0 Å². The molecule has 0 bridgehead atoms. The molecular formula is C27H32ClNO2. The molecule has 0 saturated carbocycles. The third-order valence-electron chi connectivity index (χ3n) is 5.75. The highest BCUT2D eigenvalue weighted by Gasteiger charge is 2.19. The third kappa shape index (κ3) is 5.30. The van der Waals surface area contributed by atoms with Gasteiger partial charge in [0.25, 0.3) is 0 Å². The highest BCUT2D eigenvalue weighted by molar-refractivity contribution is 6.34. The van der Waals surface area contributed by atoms with Crippen LogP contribution in [0.5, 0.6) is 5.75 Å². The standard InChI is InChI=1S/C27H32ClNO2/c1-6-29(7-2)20(5)31-23-14-12-22(13-15-23)27-25(28)17-16-24(19(4)30)26(27)21-10-8-18(3)9-11-21/h8-17,19-20,30H,6-7H2,1-5H3. The fourth-order valence-electron chi connectivity index (χ4n) is 3.96. The lowest BCUT2D eigenvalue weighted by Gasteiger charge is -2.27. The number of aliphatic hydroxyl groups excluding tert-OH is 1. The summed E-state index contributed by atoms with van der Waals surface area (Å²) in [4.78, 5) is 2.26. The Kier molecular flexibility index (Phi) is 7.77. The normalized spacial score (nSPS) is 13.3. The number of hydrogen-bond donors (Lipinski definition) is 1. The van der Waals surface area contributed by atoms with E-state index in [1.54, 1.807) is 6.92 Å². The average Bonchev–Trinajstić information content (AvgIpc) is 2.75. The van der Waals surface area contributed by atoms with Crippen LogP contribution in [0.25, 0.3) is 22.3 Å². The van der Waals surface area contributed by atoms with Crippen molar-refractivity contribution in [1.82, 2.24) is 4.90 Å². The topological polar surface area (TPSA) is 32.7 Å². The molecule has 0 aromatic heterocycles. The highest BCUT2D eigenvalue weighted by atomic mass is 35.5. The van der Waals surface area contributed by atoms with E-state index in [-0.39, 0.29) is 6.23 Å². The van der Waals surface area contributed by atoms with Gasteiger partial charge in [-0.25, -0.2) is 0 Å². The van der Waals surface area contributed by atoms with Crippen molar-refractivity contribution in [2.45, 2.75) is 47.0 Å². The Labute approximate surface area is 191 Å². The van der Waals surface area contributed by atoms with E-state index in [1.807, 2.05) is 36.4 Å². The van der Waals surface area contributed by atoms with Gasteiger partial charge in [0.2, 0.25) is 0 Å². The molecular weight excluding hydrogens is 406 g/mol. The maximum Gasteiger partial charge on any atom is 0.149 e. The number of hydrogen-bond acceptors (Lipinski definition) is 3. The van der Waals surface area contributed by atoms with Crippen LogP contribution in [0.2, 0.25) is 5.02 Å². The van der Waals surface area contributed by atoms with Gasteiger partial charge < -0.3 is 9.84 Å². The van der Waals surface area contributed by atoms with Crippen molar-refractivity contribution in [1.29, 1.82) is 0 Å². The highest BCUT2D eigenvalue weighted by Crippen LogP contribution is 2.42. The first-order chi connectivity index (χ1) is 14.8. The van der Waals surface area contributed by atoms with E-state index < -0.39 is 6.10 Å². The number of ether oxygens (including phenoxy) is 1. The van der Waals surface area contributed by atoms with Crippen molar-refractivity contribution < 1.29 is 9.84 Å². The van der Waals surface area contributed by atoms with Gasteiger partial charge in [0.1, 0.15) is 12.0 Å². The molecule has 0 aliphatic heterocycles. The Hall–Kier alpha value is -2.33. The number of benzene rings is 3. The Bertz CT molecular complexity index is 993. The first-order valence-electron chi connectivity index (χ1n) is 10.9. The molecule has 0 saturated heterocycles. The summed E-state index contributed by atoms with van der Waals surface area (Å²) in [6.45, 7) is 12.1. The number of aryl methyl sites for hydroxylation is 1. The minimum absolute atomic E-state index is 0.00567. The monoisotopic (exact) mass is 437 g/mol. The Morgan fingerprint density at radius 3 is 1.94 bits per heavy atom. The van der Waals surface area contributed by atoms with E-state index in [0.717, 1.165) is 46.7 Å². The van der Waals surface area contributed by atoms with E-state index in [0.29, 0.717) is 5.02 Å². The van der Waals surface area contributed by atoms with Crippen molar-refractivity contribution in [2.24, 2.45) is 0 Å². The second-order valence-corrected chi connectivity index (χ2v) is 8.30. The first kappa shape index (κ1) is 23.3. The minimum Gasteiger partial charge on any atom is -0.475 e. The molecule has 1 N–H and O–H groups in total. The Balaban J connectivity index is 2.04. The van der Waals surface area contributed by atoms with Gasteiger partial charge in [-0.15, -0.1) is 0 Å². The molecule has 0 aliphatic carbocycles. The molecule has 0 radical (unpaired) electrons. The summed E-state index contributed by atoms with van der Waals surface area (Å²) in [5.74, 6) is 0.822. The molecule has 2 atom stereocenters. The predicted molar refractivity (Wildman–Crippen MR) is 131 cm³/mol. The number of rotatable bonds is 8. The van der Waals surface area contributed by atoms with Gasteiger partial charge in [0.15, 0.2) is 0 Å². The quantitative estimate of drug-likeness (QED) is 0.381. The summed E-state index contributed by atoms with van der Waals surface area (Å²) < 4.78 is 6.12. The van der Waals surface area contributed by atoms with Crippen molar-refractivity contribution in [3.05, 3.63) is 76.8 Å². The first-order valence-corrected chi connectivity index (χ1v) is 11.3. The SMILES string of the molecule is CCN(CC)C(C)Oc1ccc(-c2c(Cl)ccc(C(C)O)c2-c2ccc(C)cc2)cc1. The lowest BCUT2D eigenvalue weighted by Crippen LogP contribution is -2.36. The second kappa shape index (κ2) is 10.3. The van der Waals surface area contributed by atoms with Crippen LogP contribution in [-0.2, 0) is 0 Å². The maximum absolute atomic E-state index is 10.5. The van der Waals surface area contributed by atoms with E-state index >= 15 is 0 Å². The maximum atomic E-state index is 10.5. The van der Waals surface area contributed by atoms with Crippen LogP contribution in [0.15, 0.2) is 60.7 Å². The molecule has 3 aromatic rings. The van der Waals surface area contributed by atoms with Gasteiger partial charge in [0, 0.05) is 10.6 Å². The van der Waals surface area contributed by atoms with E-state index in [4.69, 9.17) is 16.3 Å². The zero-order valence-electron chi connectivity index (χ0n) is 19.0. The van der Waals surface area contributed by atoms with Crippen LogP contribution in [0.1, 0.15) is 44.9 Å². The smallest absolute Gasteiger partial charge is 0.149 e. The predicted octanol–water partition coefficient (Wildman–Crippen LogP) is 7.10. The molecule has 0 amide bonds. The van der Waals surface area contributed by atoms with Crippen molar-refractivity contribution >= 4 is 11.6 Å². The van der Waals surface area contributed by atoms with Crippen molar-refractivity contribution in [3.63, 3.8) is 0 Å². The van der Waals surface area contributed by atoms with Crippen LogP contribution in [0, 0.1) is 6.92 Å². The van der Waals surface area contributed by atoms with Crippen LogP contribution in [0.3, 0.4) is 0 Å². The number of nitrogens with zero attached hydrogens (tertiary/aromatic N) is 1. The lowest BCUT2D eigenvalue weighted by atomic mass is 9.88. The molecule has 3 rings (SSSR count). The zero-order chi connectivity index (χ0) is 22.5. The van der Waals surface area contributed by atoms with Gasteiger partial charge in [-0.3, -0.25) is 4.90 Å². The molecule has 0 spiro atoms. The number of aliphatic hydroxyl groups is 1. The lowest BCUT2D eigenvalue weighted by molar-refractivity contribution is 0.0481. The number of halogens is 1. The summed E-state index contributed by atoms with van der Waals surface area (Å²) in [5.41, 5.74) is 5.97. The zero-order valence-corrected chi connectivity index (χ0v) is 19.8. The third-order valence-corrected chi connectivity index (χ3v) is 6.07. The molecule has 3 aromatic carbocycles. The van der Waals surface area contributed by atoms with Crippen LogP contribution < -0.4 is 4.74 Å². The van der Waals surface area contributed by atoms with Gasteiger partial charge in [0.05, 0.1) is 6.10 Å². The molecule has 2 unspecified atom stereocenters. The van der Waals surface area contributed by atoms with Gasteiger partial charge in [-0.2, -0.15) is 0 Å². The van der Waals surface area contributed by atoms with E-state index in [2.05, 4.69) is 56.9 Å². The minimum atomic E-state index is -0.607. The molecule has 0 fully saturated rings. The van der Waals surface area contributed by atoms with Crippen molar-refractivity contribution in [2.75, 3.05) is 13.1 Å². The molecule has 31 heavy (non-hydrogen) atoms. The molecule has 4 heteroatoms. The Morgan fingerprint density at radius 2 is 1.39 bits per heavy atom. The summed E-state index contributed by atoms with van der Waals surface area (Å²) in [6, 6.07) is 20.1. The fourth-order valence-corrected chi connectivity index (χ4v) is 4.23. The Morgan fingerprint density at radius 1 is 0.839 bits per heavy atom. The van der Waals surface area contributed by atoms with E-state index in [1.165, 1.54) is 5.56 Å². The summed E-state index contributed by atoms with van der Waals surface area (Å²) in [6.07, 6.45) is -0.601. The summed E-state index contributed by atoms with van der Waals surface area (Å²) >= 11 is 6.71. The van der Waals surface area contributed by atoms with Crippen LogP contribution in [-0.4, -0.2) is 29.3 Å².